The van der Waals surface area contributed by atoms with E-state index in [1.165, 1.54) is 4.68 Å². The van der Waals surface area contributed by atoms with Gasteiger partial charge in [-0.3, -0.25) is 4.40 Å². The molecule has 0 spiro atoms. The van der Waals surface area contributed by atoms with E-state index >= 15 is 0 Å². The number of benzene rings is 1. The molecule has 0 aliphatic carbocycles. The van der Waals surface area contributed by atoms with Gasteiger partial charge in [0.1, 0.15) is 6.61 Å². The standard InChI is InChI=1S/C21H19N5O2/c1-14-17(16-6-5-7-18-20(16)28-11-10-24(18)2)12-15-13-23-26(21(27)25(14)15)19-8-3-4-9-22-19/h3-9,12-13H,10-11H2,1-2H3. The van der Waals surface area contributed by atoms with Crippen molar-refractivity contribution in [2.45, 2.75) is 6.92 Å². The van der Waals surface area contributed by atoms with Crippen LogP contribution in [0.2, 0.25) is 0 Å². The SMILES string of the molecule is Cc1c(-c2cccc3c2OCCN3C)cc2cnn(-c3ccccn3)c(=O)n12. The molecule has 0 atom stereocenters. The van der Waals surface area contributed by atoms with Crippen molar-refractivity contribution in [3.05, 3.63) is 71.0 Å². The van der Waals surface area contributed by atoms with Gasteiger partial charge in [0.2, 0.25) is 0 Å². The second-order valence-electron chi connectivity index (χ2n) is 6.85. The van der Waals surface area contributed by atoms with E-state index in [9.17, 15) is 4.79 Å². The van der Waals surface area contributed by atoms with Crippen molar-refractivity contribution in [3.8, 4) is 22.7 Å². The Morgan fingerprint density at radius 2 is 2.00 bits per heavy atom. The molecule has 0 fully saturated rings. The highest BCUT2D eigenvalue weighted by Crippen LogP contribution is 2.41. The van der Waals surface area contributed by atoms with Crippen molar-refractivity contribution in [2.24, 2.45) is 0 Å². The van der Waals surface area contributed by atoms with Crippen LogP contribution in [0.4, 0.5) is 5.69 Å². The Bertz CT molecular complexity index is 1240. The maximum atomic E-state index is 13.1. The number of para-hydroxylation sites is 1. The number of pyridine rings is 1. The Morgan fingerprint density at radius 1 is 1.11 bits per heavy atom. The lowest BCUT2D eigenvalue weighted by Crippen LogP contribution is -2.29. The summed E-state index contributed by atoms with van der Waals surface area (Å²) in [6.45, 7) is 3.44. The smallest absolute Gasteiger partial charge is 0.355 e. The molecule has 1 aliphatic heterocycles. The third-order valence-electron chi connectivity index (χ3n) is 5.19. The van der Waals surface area contributed by atoms with E-state index in [4.69, 9.17) is 4.74 Å². The highest BCUT2D eigenvalue weighted by Gasteiger charge is 2.22. The Kier molecular flexibility index (Phi) is 3.68. The molecule has 0 saturated carbocycles. The molecule has 7 nitrogen and oxygen atoms in total. The molecular weight excluding hydrogens is 354 g/mol. The molecule has 0 amide bonds. The van der Waals surface area contributed by atoms with E-state index < -0.39 is 0 Å². The summed E-state index contributed by atoms with van der Waals surface area (Å²) in [4.78, 5) is 19.5. The van der Waals surface area contributed by atoms with Gasteiger partial charge in [-0.25, -0.2) is 9.78 Å². The van der Waals surface area contributed by atoms with Crippen LogP contribution in [0.1, 0.15) is 5.69 Å². The van der Waals surface area contributed by atoms with E-state index in [1.807, 2.05) is 37.3 Å². The van der Waals surface area contributed by atoms with Crippen LogP contribution in [-0.2, 0) is 0 Å². The van der Waals surface area contributed by atoms with Gasteiger partial charge in [0.05, 0.1) is 23.9 Å². The number of hydrogen-bond donors (Lipinski definition) is 0. The predicted molar refractivity (Wildman–Crippen MR) is 108 cm³/mol. The van der Waals surface area contributed by atoms with Gasteiger partial charge in [0.25, 0.3) is 0 Å². The number of hydrogen-bond acceptors (Lipinski definition) is 5. The van der Waals surface area contributed by atoms with Crippen molar-refractivity contribution < 1.29 is 4.74 Å². The molecule has 1 aromatic carbocycles. The summed E-state index contributed by atoms with van der Waals surface area (Å²) in [6, 6.07) is 13.5. The minimum Gasteiger partial charge on any atom is -0.489 e. The molecule has 0 saturated heterocycles. The number of likely N-dealkylation sites (N-methyl/N-ethyl adjacent to an activating group) is 1. The van der Waals surface area contributed by atoms with Gasteiger partial charge < -0.3 is 9.64 Å². The van der Waals surface area contributed by atoms with Crippen molar-refractivity contribution in [3.63, 3.8) is 0 Å². The summed E-state index contributed by atoms with van der Waals surface area (Å²) in [5.41, 5.74) is 4.34. The van der Waals surface area contributed by atoms with Gasteiger partial charge in [-0.05, 0) is 31.2 Å². The van der Waals surface area contributed by atoms with Gasteiger partial charge >= 0.3 is 5.69 Å². The maximum absolute atomic E-state index is 13.1. The van der Waals surface area contributed by atoms with Crippen LogP contribution in [0.3, 0.4) is 0 Å². The zero-order valence-corrected chi connectivity index (χ0v) is 15.7. The summed E-state index contributed by atoms with van der Waals surface area (Å²) in [6.07, 6.45) is 3.33. The number of fused-ring (bicyclic) bond motifs is 2. The third kappa shape index (κ3) is 2.40. The van der Waals surface area contributed by atoms with Crippen LogP contribution in [0, 0.1) is 6.92 Å². The Morgan fingerprint density at radius 3 is 2.82 bits per heavy atom. The van der Waals surface area contributed by atoms with Crippen molar-refractivity contribution in [1.29, 1.82) is 0 Å². The molecule has 0 bridgehead atoms. The number of rotatable bonds is 2. The van der Waals surface area contributed by atoms with Crippen LogP contribution in [0.25, 0.3) is 22.5 Å². The first-order chi connectivity index (χ1) is 13.6. The molecule has 28 heavy (non-hydrogen) atoms. The number of nitrogens with zero attached hydrogens (tertiary/aromatic N) is 5. The fourth-order valence-corrected chi connectivity index (χ4v) is 3.74. The fourth-order valence-electron chi connectivity index (χ4n) is 3.74. The first-order valence-corrected chi connectivity index (χ1v) is 9.14. The summed E-state index contributed by atoms with van der Waals surface area (Å²) < 4.78 is 8.98. The van der Waals surface area contributed by atoms with Gasteiger partial charge in [-0.2, -0.15) is 9.78 Å². The van der Waals surface area contributed by atoms with Gasteiger partial charge in [0.15, 0.2) is 11.6 Å². The highest BCUT2D eigenvalue weighted by molar-refractivity contribution is 5.83. The van der Waals surface area contributed by atoms with Crippen LogP contribution in [0.5, 0.6) is 5.75 Å². The average Bonchev–Trinajstić information content (AvgIpc) is 3.06. The number of aromatic nitrogens is 4. The molecule has 0 unspecified atom stereocenters. The topological polar surface area (TPSA) is 64.7 Å². The van der Waals surface area contributed by atoms with Crippen molar-refractivity contribution in [1.82, 2.24) is 19.2 Å². The monoisotopic (exact) mass is 373 g/mol. The molecule has 5 rings (SSSR count). The summed E-state index contributed by atoms with van der Waals surface area (Å²) in [5.74, 6) is 1.35. The minimum atomic E-state index is -0.247. The Balaban J connectivity index is 1.74. The Hall–Kier alpha value is -3.61. The zero-order valence-electron chi connectivity index (χ0n) is 15.7. The maximum Gasteiger partial charge on any atom is 0.355 e. The lowest BCUT2D eigenvalue weighted by molar-refractivity contribution is 0.312. The molecule has 4 aromatic rings. The third-order valence-corrected chi connectivity index (χ3v) is 5.19. The van der Waals surface area contributed by atoms with Gasteiger partial charge in [-0.1, -0.05) is 18.2 Å². The van der Waals surface area contributed by atoms with E-state index in [0.29, 0.717) is 12.4 Å². The molecule has 7 heteroatoms. The van der Waals surface area contributed by atoms with E-state index in [-0.39, 0.29) is 5.69 Å². The average molecular weight is 373 g/mol. The number of aryl methyl sites for hydroxylation is 1. The first-order valence-electron chi connectivity index (χ1n) is 9.14. The van der Waals surface area contributed by atoms with Crippen LogP contribution < -0.4 is 15.3 Å². The predicted octanol–water partition coefficient (Wildman–Crippen LogP) is 2.68. The summed E-state index contributed by atoms with van der Waals surface area (Å²) >= 11 is 0. The highest BCUT2D eigenvalue weighted by atomic mass is 16.5. The van der Waals surface area contributed by atoms with Gasteiger partial charge in [0, 0.05) is 30.1 Å². The van der Waals surface area contributed by atoms with Crippen LogP contribution in [-0.4, -0.2) is 39.4 Å². The molecule has 0 N–H and O–H groups in total. The molecule has 4 heterocycles. The second-order valence-corrected chi connectivity index (χ2v) is 6.85. The molecular formula is C21H19N5O2. The van der Waals surface area contributed by atoms with E-state index in [0.717, 1.165) is 40.3 Å². The minimum absolute atomic E-state index is 0.247. The molecule has 140 valence electrons. The Labute approximate surface area is 161 Å². The number of anilines is 1. The number of ether oxygens (including phenoxy) is 1. The van der Waals surface area contributed by atoms with Crippen molar-refractivity contribution >= 4 is 11.2 Å². The summed E-state index contributed by atoms with van der Waals surface area (Å²) in [7, 11) is 2.06. The zero-order chi connectivity index (χ0) is 19.3. The van der Waals surface area contributed by atoms with E-state index in [1.54, 1.807) is 22.9 Å². The quantitative estimate of drug-likeness (QED) is 0.541. The molecule has 0 radical (unpaired) electrons. The molecule has 1 aliphatic rings. The van der Waals surface area contributed by atoms with Crippen LogP contribution in [0.15, 0.2) is 59.7 Å². The van der Waals surface area contributed by atoms with E-state index in [2.05, 4.69) is 28.1 Å². The lowest BCUT2D eigenvalue weighted by atomic mass is 10.0. The van der Waals surface area contributed by atoms with Gasteiger partial charge in [-0.15, -0.1) is 0 Å². The first kappa shape index (κ1) is 16.6. The largest absolute Gasteiger partial charge is 0.489 e. The summed E-state index contributed by atoms with van der Waals surface area (Å²) in [5, 5.41) is 4.31. The molecule has 3 aromatic heterocycles. The lowest BCUT2D eigenvalue weighted by Gasteiger charge is -2.29. The normalized spacial score (nSPS) is 13.4. The second kappa shape index (κ2) is 6.23. The van der Waals surface area contributed by atoms with Crippen LogP contribution >= 0.6 is 0 Å². The fraction of sp³-hybridized carbons (Fsp3) is 0.190. The van der Waals surface area contributed by atoms with Crippen molar-refractivity contribution in [2.75, 3.05) is 25.1 Å².